The van der Waals surface area contributed by atoms with Gasteiger partial charge >= 0.3 is 0 Å². The molecule has 0 radical (unpaired) electrons. The summed E-state index contributed by atoms with van der Waals surface area (Å²) in [5.41, 5.74) is 8.59. The van der Waals surface area contributed by atoms with Gasteiger partial charge < -0.3 is 9.13 Å². The third kappa shape index (κ3) is 2.73. The van der Waals surface area contributed by atoms with Crippen LogP contribution in [0.15, 0.2) is 128 Å². The second kappa shape index (κ2) is 7.98. The molecule has 40 heavy (non-hydrogen) atoms. The number of fused-ring (bicyclic) bond motifs is 11. The number of pyridine rings is 1. The number of nitrogens with zero attached hydrogens (tertiary/aromatic N) is 5. The summed E-state index contributed by atoms with van der Waals surface area (Å²) in [6.07, 6.45) is 5.51. The molecule has 4 heterocycles. The van der Waals surface area contributed by atoms with Gasteiger partial charge in [0.15, 0.2) is 0 Å². The number of hydrogen-bond acceptors (Lipinski definition) is 3. The summed E-state index contributed by atoms with van der Waals surface area (Å²) in [6, 6.07) is 38.4. The summed E-state index contributed by atoms with van der Waals surface area (Å²) in [5.74, 6) is 0. The smallest absolute Gasteiger partial charge is 0.116 e. The van der Waals surface area contributed by atoms with Crippen molar-refractivity contribution in [3.05, 3.63) is 128 Å². The van der Waals surface area contributed by atoms with Crippen molar-refractivity contribution in [3.63, 3.8) is 0 Å². The van der Waals surface area contributed by atoms with Crippen LogP contribution in [0.1, 0.15) is 0 Å². The molecular formula is C35H21N5. The molecule has 4 aromatic heterocycles. The van der Waals surface area contributed by atoms with Gasteiger partial charge in [-0.05, 0) is 36.4 Å². The van der Waals surface area contributed by atoms with E-state index in [0.29, 0.717) is 0 Å². The Hall–Kier alpha value is -5.55. The topological polar surface area (TPSA) is 48.5 Å². The molecule has 0 N–H and O–H groups in total. The van der Waals surface area contributed by atoms with Crippen LogP contribution in [-0.2, 0) is 0 Å². The van der Waals surface area contributed by atoms with E-state index in [9.17, 15) is 0 Å². The maximum absolute atomic E-state index is 4.91. The lowest BCUT2D eigenvalue weighted by Crippen LogP contribution is -2.00. The lowest BCUT2D eigenvalue weighted by atomic mass is 10.0. The molecule has 5 aromatic carbocycles. The highest BCUT2D eigenvalue weighted by atomic mass is 15.1. The monoisotopic (exact) mass is 511 g/mol. The molecule has 0 aliphatic rings. The van der Waals surface area contributed by atoms with Crippen LogP contribution < -0.4 is 0 Å². The zero-order chi connectivity index (χ0) is 26.2. The zero-order valence-corrected chi connectivity index (χ0v) is 21.4. The van der Waals surface area contributed by atoms with Crippen LogP contribution in [0.4, 0.5) is 0 Å². The predicted molar refractivity (Wildman–Crippen MR) is 164 cm³/mol. The van der Waals surface area contributed by atoms with Crippen molar-refractivity contribution in [3.8, 4) is 11.4 Å². The average molecular weight is 512 g/mol. The largest absolute Gasteiger partial charge is 0.307 e. The van der Waals surface area contributed by atoms with Crippen molar-refractivity contribution in [1.82, 2.24) is 24.1 Å². The van der Waals surface area contributed by atoms with Gasteiger partial charge in [-0.2, -0.15) is 0 Å². The van der Waals surface area contributed by atoms with Crippen molar-refractivity contribution in [2.24, 2.45) is 0 Å². The molecule has 5 heteroatoms. The third-order valence-corrected chi connectivity index (χ3v) is 8.06. The SMILES string of the molecule is c1ccc(-n2c3ccccc3c3c4ncncc4c4c5ccccc5n(-c5cccc6cccnc56)c4c32)cc1. The van der Waals surface area contributed by atoms with E-state index in [0.717, 1.165) is 71.4 Å². The number of hydrogen-bond donors (Lipinski definition) is 0. The minimum atomic E-state index is 0.960. The molecule has 186 valence electrons. The Bertz CT molecular complexity index is 2430. The molecule has 0 aliphatic heterocycles. The van der Waals surface area contributed by atoms with Crippen molar-refractivity contribution >= 4 is 65.4 Å². The van der Waals surface area contributed by atoms with Crippen molar-refractivity contribution in [1.29, 1.82) is 0 Å². The van der Waals surface area contributed by atoms with Crippen LogP contribution >= 0.6 is 0 Å². The Kier molecular flexibility index (Phi) is 4.27. The molecule has 0 fully saturated rings. The van der Waals surface area contributed by atoms with E-state index in [4.69, 9.17) is 9.97 Å². The maximum Gasteiger partial charge on any atom is 0.116 e. The minimum absolute atomic E-state index is 0.960. The minimum Gasteiger partial charge on any atom is -0.307 e. The highest BCUT2D eigenvalue weighted by Gasteiger charge is 2.25. The van der Waals surface area contributed by atoms with Gasteiger partial charge in [0.2, 0.25) is 0 Å². The van der Waals surface area contributed by atoms with E-state index in [1.807, 2.05) is 18.5 Å². The van der Waals surface area contributed by atoms with Crippen molar-refractivity contribution in [2.45, 2.75) is 0 Å². The number of para-hydroxylation sites is 4. The molecule has 0 saturated carbocycles. The summed E-state index contributed by atoms with van der Waals surface area (Å²) < 4.78 is 4.79. The van der Waals surface area contributed by atoms with Gasteiger partial charge in [-0.1, -0.05) is 72.8 Å². The van der Waals surface area contributed by atoms with Crippen molar-refractivity contribution < 1.29 is 0 Å². The Morgan fingerprint density at radius 3 is 2.05 bits per heavy atom. The quantitative estimate of drug-likeness (QED) is 0.234. The average Bonchev–Trinajstić information content (AvgIpc) is 3.55. The van der Waals surface area contributed by atoms with E-state index in [2.05, 4.69) is 117 Å². The number of aromatic nitrogens is 5. The molecule has 0 unspecified atom stereocenters. The second-order valence-electron chi connectivity index (χ2n) is 10.1. The fourth-order valence-electron chi connectivity index (χ4n) is 6.52. The van der Waals surface area contributed by atoms with Gasteiger partial charge in [-0.3, -0.25) is 4.98 Å². The van der Waals surface area contributed by atoms with Gasteiger partial charge in [0.05, 0.1) is 38.8 Å². The summed E-state index contributed by atoms with van der Waals surface area (Å²) in [6.45, 7) is 0. The highest BCUT2D eigenvalue weighted by Crippen LogP contribution is 2.46. The first-order valence-electron chi connectivity index (χ1n) is 13.4. The highest BCUT2D eigenvalue weighted by molar-refractivity contribution is 6.35. The molecule has 0 saturated heterocycles. The summed E-state index contributed by atoms with van der Waals surface area (Å²) >= 11 is 0. The van der Waals surface area contributed by atoms with E-state index in [-0.39, 0.29) is 0 Å². The van der Waals surface area contributed by atoms with E-state index >= 15 is 0 Å². The zero-order valence-electron chi connectivity index (χ0n) is 21.4. The molecule has 0 atom stereocenters. The summed E-state index contributed by atoms with van der Waals surface area (Å²) in [4.78, 5) is 14.3. The molecule has 0 bridgehead atoms. The molecule has 0 amide bonds. The molecule has 9 aromatic rings. The predicted octanol–water partition coefficient (Wildman–Crippen LogP) is 8.37. The Morgan fingerprint density at radius 2 is 1.20 bits per heavy atom. The fraction of sp³-hybridized carbons (Fsp3) is 0. The first-order chi connectivity index (χ1) is 19.9. The molecular weight excluding hydrogens is 490 g/mol. The standard InChI is InChI=1S/C35H21N5/c1-2-12-23(13-3-1)39-27-16-6-5-15-25(27)31-33-26(20-36-21-38-33)30-24-14-4-7-17-28(24)40(34(30)35(31)39)29-18-8-10-22-11-9-19-37-32(22)29/h1-21H. The van der Waals surface area contributed by atoms with Crippen LogP contribution in [0, 0.1) is 0 Å². The van der Waals surface area contributed by atoms with E-state index in [1.54, 1.807) is 6.33 Å². The fourth-order valence-corrected chi connectivity index (χ4v) is 6.52. The van der Waals surface area contributed by atoms with E-state index in [1.165, 1.54) is 5.39 Å². The second-order valence-corrected chi connectivity index (χ2v) is 10.1. The summed E-state index contributed by atoms with van der Waals surface area (Å²) in [7, 11) is 0. The number of rotatable bonds is 2. The van der Waals surface area contributed by atoms with Gasteiger partial charge in [0.25, 0.3) is 0 Å². The van der Waals surface area contributed by atoms with Crippen LogP contribution in [0.25, 0.3) is 76.8 Å². The van der Waals surface area contributed by atoms with Gasteiger partial charge in [-0.25, -0.2) is 9.97 Å². The first kappa shape index (κ1) is 21.4. The van der Waals surface area contributed by atoms with Crippen LogP contribution in [0.5, 0.6) is 0 Å². The molecule has 0 aliphatic carbocycles. The van der Waals surface area contributed by atoms with Gasteiger partial charge in [0.1, 0.15) is 6.33 Å². The van der Waals surface area contributed by atoms with Crippen LogP contribution in [-0.4, -0.2) is 24.1 Å². The molecule has 0 spiro atoms. The third-order valence-electron chi connectivity index (χ3n) is 8.06. The van der Waals surface area contributed by atoms with Crippen molar-refractivity contribution in [2.75, 3.05) is 0 Å². The van der Waals surface area contributed by atoms with E-state index < -0.39 is 0 Å². The first-order valence-corrected chi connectivity index (χ1v) is 13.4. The Balaban J connectivity index is 1.67. The number of benzene rings is 5. The molecule has 9 rings (SSSR count). The Morgan fingerprint density at radius 1 is 0.500 bits per heavy atom. The normalized spacial score (nSPS) is 12.0. The molecule has 5 nitrogen and oxygen atoms in total. The van der Waals surface area contributed by atoms with Gasteiger partial charge in [-0.15, -0.1) is 0 Å². The van der Waals surface area contributed by atoms with Crippen LogP contribution in [0.2, 0.25) is 0 Å². The maximum atomic E-state index is 4.91. The Labute approximate surface area is 228 Å². The van der Waals surface area contributed by atoms with Gasteiger partial charge in [0, 0.05) is 50.4 Å². The lowest BCUT2D eigenvalue weighted by Gasteiger charge is -2.14. The summed E-state index contributed by atoms with van der Waals surface area (Å²) in [5, 5.41) is 6.75. The van der Waals surface area contributed by atoms with Crippen LogP contribution in [0.3, 0.4) is 0 Å². The lowest BCUT2D eigenvalue weighted by molar-refractivity contribution is 1.15.